The Hall–Kier alpha value is -4.22. The molecule has 7 nitrogen and oxygen atoms in total. The average Bonchev–Trinajstić information content (AvgIpc) is 3.10. The molecule has 0 radical (unpaired) electrons. The predicted molar refractivity (Wildman–Crippen MR) is 127 cm³/mol. The molecule has 37 heavy (non-hydrogen) atoms. The number of carbonyl (C=O) groups excluding carboxylic acids is 2. The molecule has 0 aliphatic carbocycles. The topological polar surface area (TPSA) is 77.6 Å². The molecule has 0 bridgehead atoms. The van der Waals surface area contributed by atoms with Crippen molar-refractivity contribution in [2.45, 2.75) is 12.6 Å². The third-order valence-electron chi connectivity index (χ3n) is 5.76. The van der Waals surface area contributed by atoms with Gasteiger partial charge in [-0.05, 0) is 42.8 Å². The fourth-order valence-electron chi connectivity index (χ4n) is 3.95. The van der Waals surface area contributed by atoms with E-state index in [2.05, 4.69) is 15.6 Å². The van der Waals surface area contributed by atoms with Crippen molar-refractivity contribution >= 4 is 29.1 Å². The summed E-state index contributed by atoms with van der Waals surface area (Å²) in [6, 6.07) is 9.81. The van der Waals surface area contributed by atoms with Gasteiger partial charge in [0.1, 0.15) is 17.5 Å². The summed E-state index contributed by atoms with van der Waals surface area (Å²) in [5.41, 5.74) is -1.26. The van der Waals surface area contributed by atoms with Crippen molar-refractivity contribution in [2.24, 2.45) is 0 Å². The van der Waals surface area contributed by atoms with Crippen LogP contribution in [0, 0.1) is 11.6 Å². The van der Waals surface area contributed by atoms with Crippen LogP contribution < -0.4 is 15.5 Å². The van der Waals surface area contributed by atoms with Gasteiger partial charge in [0.05, 0.1) is 28.7 Å². The van der Waals surface area contributed by atoms with E-state index in [9.17, 15) is 31.5 Å². The van der Waals surface area contributed by atoms with Crippen molar-refractivity contribution < 1.29 is 31.5 Å². The zero-order chi connectivity index (χ0) is 26.6. The second-order valence-corrected chi connectivity index (χ2v) is 8.28. The maximum Gasteiger partial charge on any atom is 0.418 e. The van der Waals surface area contributed by atoms with E-state index in [-0.39, 0.29) is 16.9 Å². The molecule has 1 aromatic heterocycles. The molecule has 1 fully saturated rings. The highest BCUT2D eigenvalue weighted by atomic mass is 19.4. The van der Waals surface area contributed by atoms with Gasteiger partial charge in [0.15, 0.2) is 0 Å². The fraction of sp³-hybridized carbons (Fsp3) is 0.240. The van der Waals surface area contributed by atoms with Crippen LogP contribution in [0.25, 0.3) is 0 Å². The lowest BCUT2D eigenvalue weighted by molar-refractivity contribution is -0.136. The fourth-order valence-corrected chi connectivity index (χ4v) is 3.95. The lowest BCUT2D eigenvalue weighted by atomic mass is 10.1. The van der Waals surface area contributed by atoms with Crippen LogP contribution >= 0.6 is 0 Å². The van der Waals surface area contributed by atoms with Crippen LogP contribution in [0.15, 0.2) is 60.8 Å². The lowest BCUT2D eigenvalue weighted by Crippen LogP contribution is -2.35. The minimum absolute atomic E-state index is 0.195. The Morgan fingerprint density at radius 1 is 0.892 bits per heavy atom. The van der Waals surface area contributed by atoms with E-state index in [1.54, 1.807) is 12.1 Å². The lowest BCUT2D eigenvalue weighted by Gasteiger charge is -2.23. The highest BCUT2D eigenvalue weighted by Crippen LogP contribution is 2.34. The third-order valence-corrected chi connectivity index (χ3v) is 5.76. The van der Waals surface area contributed by atoms with Gasteiger partial charge in [-0.1, -0.05) is 12.1 Å². The first-order valence-electron chi connectivity index (χ1n) is 11.3. The van der Waals surface area contributed by atoms with Crippen LogP contribution in [-0.4, -0.2) is 48.0 Å². The van der Waals surface area contributed by atoms with Crippen molar-refractivity contribution in [3.63, 3.8) is 0 Å². The van der Waals surface area contributed by atoms with Crippen molar-refractivity contribution in [1.29, 1.82) is 0 Å². The molecule has 0 saturated carbocycles. The first-order chi connectivity index (χ1) is 17.6. The number of amides is 3. The van der Waals surface area contributed by atoms with Gasteiger partial charge in [-0.3, -0.25) is 4.79 Å². The number of hydrogen-bond acceptors (Lipinski definition) is 4. The summed E-state index contributed by atoms with van der Waals surface area (Å²) < 4.78 is 66.6. The zero-order valence-electron chi connectivity index (χ0n) is 19.4. The minimum atomic E-state index is -4.62. The number of aromatic nitrogens is 1. The molecule has 1 saturated heterocycles. The molecule has 1 aliphatic heterocycles. The summed E-state index contributed by atoms with van der Waals surface area (Å²) in [6.07, 6.45) is -2.67. The Balaban J connectivity index is 1.35. The van der Waals surface area contributed by atoms with Crippen LogP contribution in [0.3, 0.4) is 0 Å². The minimum Gasteiger partial charge on any atom is -0.355 e. The van der Waals surface area contributed by atoms with Crippen molar-refractivity contribution in [2.75, 3.05) is 41.7 Å². The molecule has 2 N–H and O–H groups in total. The van der Waals surface area contributed by atoms with Gasteiger partial charge in [0.2, 0.25) is 0 Å². The Bertz CT molecular complexity index is 1280. The standard InChI is InChI=1S/C25H22F5N5O2/c26-16-6-8-18(20(27)14-16)23(36)35-11-3-10-34(12-13-35)22-9-7-17(15-31-22)32-24(37)33-21-5-2-1-4-19(21)25(28,29)30/h1-2,4-9,14-15H,3,10-13H2,(H2,32,33,37). The van der Waals surface area contributed by atoms with Gasteiger partial charge in [-0.2, -0.15) is 13.2 Å². The number of para-hydroxylation sites is 1. The molecular formula is C25H22F5N5O2. The summed E-state index contributed by atoms with van der Waals surface area (Å²) >= 11 is 0. The smallest absolute Gasteiger partial charge is 0.355 e. The molecule has 2 heterocycles. The summed E-state index contributed by atoms with van der Waals surface area (Å²) in [5.74, 6) is -1.63. The van der Waals surface area contributed by atoms with E-state index in [1.165, 1.54) is 23.2 Å². The summed E-state index contributed by atoms with van der Waals surface area (Å²) in [4.78, 5) is 32.7. The molecule has 1 aliphatic rings. The van der Waals surface area contributed by atoms with Crippen LogP contribution in [0.4, 0.5) is 43.9 Å². The first-order valence-corrected chi connectivity index (χ1v) is 11.3. The second kappa shape index (κ2) is 10.8. The van der Waals surface area contributed by atoms with E-state index < -0.39 is 35.3 Å². The van der Waals surface area contributed by atoms with Gasteiger partial charge < -0.3 is 20.4 Å². The number of carbonyl (C=O) groups is 2. The molecule has 0 atom stereocenters. The molecule has 4 rings (SSSR count). The largest absolute Gasteiger partial charge is 0.418 e. The summed E-state index contributed by atoms with van der Waals surface area (Å²) in [5, 5.41) is 4.64. The van der Waals surface area contributed by atoms with Crippen LogP contribution in [-0.2, 0) is 6.18 Å². The highest BCUT2D eigenvalue weighted by molar-refractivity contribution is 6.00. The van der Waals surface area contributed by atoms with E-state index in [0.29, 0.717) is 44.5 Å². The number of urea groups is 1. The maximum atomic E-state index is 14.0. The SMILES string of the molecule is O=C(Nc1ccc(N2CCCN(C(=O)c3ccc(F)cc3F)CC2)nc1)Nc1ccccc1C(F)(F)F. The first kappa shape index (κ1) is 25.9. The zero-order valence-corrected chi connectivity index (χ0v) is 19.4. The van der Waals surface area contributed by atoms with Crippen LogP contribution in [0.1, 0.15) is 22.3 Å². The number of hydrogen-bond donors (Lipinski definition) is 2. The van der Waals surface area contributed by atoms with E-state index in [0.717, 1.165) is 24.3 Å². The molecule has 3 aromatic rings. The van der Waals surface area contributed by atoms with Crippen LogP contribution in [0.5, 0.6) is 0 Å². The van der Waals surface area contributed by atoms with Gasteiger partial charge in [0, 0.05) is 32.2 Å². The molecule has 0 spiro atoms. The van der Waals surface area contributed by atoms with Crippen molar-refractivity contribution in [3.05, 3.63) is 83.6 Å². The Morgan fingerprint density at radius 2 is 1.68 bits per heavy atom. The van der Waals surface area contributed by atoms with Gasteiger partial charge in [-0.15, -0.1) is 0 Å². The summed E-state index contributed by atoms with van der Waals surface area (Å²) in [7, 11) is 0. The van der Waals surface area contributed by atoms with E-state index >= 15 is 0 Å². The van der Waals surface area contributed by atoms with Crippen molar-refractivity contribution in [1.82, 2.24) is 9.88 Å². The Labute approximate surface area is 208 Å². The molecule has 0 unspecified atom stereocenters. The number of alkyl halides is 3. The predicted octanol–water partition coefficient (Wildman–Crippen LogP) is 5.38. The third kappa shape index (κ3) is 6.32. The Kier molecular flexibility index (Phi) is 7.55. The number of nitrogens with zero attached hydrogens (tertiary/aromatic N) is 3. The quantitative estimate of drug-likeness (QED) is 0.454. The number of halogens is 5. The van der Waals surface area contributed by atoms with Crippen LogP contribution in [0.2, 0.25) is 0 Å². The normalized spacial score (nSPS) is 14.2. The Morgan fingerprint density at radius 3 is 2.38 bits per heavy atom. The number of rotatable bonds is 4. The maximum absolute atomic E-state index is 14.0. The molecule has 194 valence electrons. The number of anilines is 3. The number of benzene rings is 2. The molecule has 3 amide bonds. The average molecular weight is 519 g/mol. The van der Waals surface area contributed by atoms with Gasteiger partial charge >= 0.3 is 12.2 Å². The molecule has 2 aromatic carbocycles. The van der Waals surface area contributed by atoms with Gasteiger partial charge in [-0.25, -0.2) is 18.6 Å². The second-order valence-electron chi connectivity index (χ2n) is 8.28. The summed E-state index contributed by atoms with van der Waals surface area (Å²) in [6.45, 7) is 1.64. The van der Waals surface area contributed by atoms with E-state index in [4.69, 9.17) is 0 Å². The van der Waals surface area contributed by atoms with Crippen molar-refractivity contribution in [3.8, 4) is 0 Å². The highest BCUT2D eigenvalue weighted by Gasteiger charge is 2.33. The number of nitrogens with one attached hydrogen (secondary N) is 2. The van der Waals surface area contributed by atoms with E-state index in [1.807, 2.05) is 4.90 Å². The van der Waals surface area contributed by atoms with Gasteiger partial charge in [0.25, 0.3) is 5.91 Å². The molecular weight excluding hydrogens is 497 g/mol. The molecule has 12 heteroatoms. The monoisotopic (exact) mass is 519 g/mol. The number of pyridine rings is 1.